The molecule has 1 aromatic rings. The van der Waals surface area contributed by atoms with Gasteiger partial charge in [0.15, 0.2) is 0 Å². The number of rotatable bonds is 8. The fourth-order valence-corrected chi connectivity index (χ4v) is 3.70. The first-order valence-corrected chi connectivity index (χ1v) is 8.18. The standard InChI is InChI=1S/C13H23NO2Si/c1-4-17(15-2,16-3)14-12-8-11-13-9-6-5-7-10-13/h5-7,9-10,14H,4,8,11-12H2,1-3H3. The van der Waals surface area contributed by atoms with Gasteiger partial charge >= 0.3 is 8.72 Å². The molecule has 0 aliphatic heterocycles. The molecule has 0 bridgehead atoms. The summed E-state index contributed by atoms with van der Waals surface area (Å²) in [6, 6.07) is 11.5. The van der Waals surface area contributed by atoms with Gasteiger partial charge in [-0.3, -0.25) is 4.98 Å². The zero-order valence-electron chi connectivity index (χ0n) is 11.0. The predicted octanol–water partition coefficient (Wildman–Crippen LogP) is 2.46. The van der Waals surface area contributed by atoms with E-state index < -0.39 is 8.72 Å². The second-order valence-electron chi connectivity index (χ2n) is 4.03. The molecule has 96 valence electrons. The minimum absolute atomic E-state index is 0.922. The van der Waals surface area contributed by atoms with Gasteiger partial charge in [0, 0.05) is 20.3 Å². The van der Waals surface area contributed by atoms with Crippen LogP contribution in [0.3, 0.4) is 0 Å². The Hall–Kier alpha value is -0.683. The van der Waals surface area contributed by atoms with Gasteiger partial charge in [0.1, 0.15) is 0 Å². The van der Waals surface area contributed by atoms with E-state index in [1.165, 1.54) is 5.56 Å². The van der Waals surface area contributed by atoms with Crippen molar-refractivity contribution in [1.82, 2.24) is 4.98 Å². The lowest BCUT2D eigenvalue weighted by molar-refractivity contribution is 0.229. The Balaban J connectivity index is 2.28. The second kappa shape index (κ2) is 7.61. The van der Waals surface area contributed by atoms with Gasteiger partial charge in [-0.2, -0.15) is 0 Å². The van der Waals surface area contributed by atoms with Crippen molar-refractivity contribution in [1.29, 1.82) is 0 Å². The number of aryl methyl sites for hydroxylation is 1. The first-order valence-electron chi connectivity index (χ1n) is 6.15. The monoisotopic (exact) mass is 253 g/mol. The molecule has 0 amide bonds. The molecule has 17 heavy (non-hydrogen) atoms. The van der Waals surface area contributed by atoms with Crippen LogP contribution < -0.4 is 4.98 Å². The largest absolute Gasteiger partial charge is 0.424 e. The molecule has 0 heterocycles. The molecule has 1 aromatic carbocycles. The Morgan fingerprint density at radius 2 is 1.76 bits per heavy atom. The Bertz CT molecular complexity index is 293. The fourth-order valence-electron chi connectivity index (χ4n) is 1.86. The van der Waals surface area contributed by atoms with Crippen LogP contribution in [0.4, 0.5) is 0 Å². The minimum atomic E-state index is -2.11. The van der Waals surface area contributed by atoms with Gasteiger partial charge in [0.2, 0.25) is 0 Å². The average molecular weight is 253 g/mol. The maximum Gasteiger partial charge on any atom is 0.424 e. The van der Waals surface area contributed by atoms with Crippen LogP contribution in [0.2, 0.25) is 6.04 Å². The lowest BCUT2D eigenvalue weighted by atomic mass is 10.1. The normalized spacial score (nSPS) is 11.7. The molecule has 0 aromatic heterocycles. The van der Waals surface area contributed by atoms with Crippen LogP contribution in [-0.4, -0.2) is 29.5 Å². The Labute approximate surface area is 105 Å². The molecule has 1 N–H and O–H groups in total. The lowest BCUT2D eigenvalue weighted by Crippen LogP contribution is -2.54. The Morgan fingerprint density at radius 1 is 1.12 bits per heavy atom. The van der Waals surface area contributed by atoms with Crippen LogP contribution in [0.5, 0.6) is 0 Å². The Kier molecular flexibility index (Phi) is 6.43. The number of hydrogen-bond acceptors (Lipinski definition) is 3. The summed E-state index contributed by atoms with van der Waals surface area (Å²) in [5.74, 6) is 0. The van der Waals surface area contributed by atoms with Gasteiger partial charge < -0.3 is 8.85 Å². The summed E-state index contributed by atoms with van der Waals surface area (Å²) in [5.41, 5.74) is 1.38. The van der Waals surface area contributed by atoms with Crippen LogP contribution in [0.1, 0.15) is 18.9 Å². The van der Waals surface area contributed by atoms with Crippen LogP contribution >= 0.6 is 0 Å². The summed E-state index contributed by atoms with van der Waals surface area (Å²) in [6.07, 6.45) is 2.20. The highest BCUT2D eigenvalue weighted by molar-refractivity contribution is 6.64. The van der Waals surface area contributed by atoms with E-state index in [2.05, 4.69) is 36.2 Å². The maximum atomic E-state index is 5.49. The van der Waals surface area contributed by atoms with Crippen molar-refractivity contribution in [3.8, 4) is 0 Å². The highest BCUT2D eigenvalue weighted by Gasteiger charge is 2.32. The van der Waals surface area contributed by atoms with E-state index in [4.69, 9.17) is 8.85 Å². The molecule has 0 spiro atoms. The molecule has 3 nitrogen and oxygen atoms in total. The number of nitrogens with one attached hydrogen (secondary N) is 1. The zero-order valence-corrected chi connectivity index (χ0v) is 12.0. The smallest absolute Gasteiger partial charge is 0.386 e. The van der Waals surface area contributed by atoms with Crippen molar-refractivity contribution in [2.75, 3.05) is 20.8 Å². The third-order valence-corrected chi connectivity index (χ3v) is 6.04. The maximum absolute atomic E-state index is 5.49. The molecule has 0 saturated heterocycles. The topological polar surface area (TPSA) is 30.5 Å². The van der Waals surface area contributed by atoms with E-state index in [1.807, 2.05) is 6.07 Å². The van der Waals surface area contributed by atoms with E-state index in [0.717, 1.165) is 25.4 Å². The lowest BCUT2D eigenvalue weighted by Gasteiger charge is -2.26. The van der Waals surface area contributed by atoms with E-state index >= 15 is 0 Å². The molecule has 0 fully saturated rings. The molecule has 1 rings (SSSR count). The van der Waals surface area contributed by atoms with Crippen LogP contribution in [0.25, 0.3) is 0 Å². The minimum Gasteiger partial charge on any atom is -0.386 e. The molecule has 0 unspecified atom stereocenters. The fraction of sp³-hybridized carbons (Fsp3) is 0.538. The quantitative estimate of drug-likeness (QED) is 0.570. The number of hydrogen-bond donors (Lipinski definition) is 1. The van der Waals surface area contributed by atoms with Gasteiger partial charge in [-0.25, -0.2) is 0 Å². The molecular weight excluding hydrogens is 230 g/mol. The van der Waals surface area contributed by atoms with Gasteiger partial charge in [0.25, 0.3) is 0 Å². The van der Waals surface area contributed by atoms with Gasteiger partial charge in [-0.05, 0) is 24.9 Å². The second-order valence-corrected chi connectivity index (χ2v) is 7.41. The van der Waals surface area contributed by atoms with Crippen molar-refractivity contribution in [2.24, 2.45) is 0 Å². The van der Waals surface area contributed by atoms with E-state index in [0.29, 0.717) is 0 Å². The van der Waals surface area contributed by atoms with Crippen molar-refractivity contribution in [3.05, 3.63) is 35.9 Å². The molecular formula is C13H23NO2Si. The van der Waals surface area contributed by atoms with Crippen LogP contribution in [-0.2, 0) is 15.3 Å². The Morgan fingerprint density at radius 3 is 2.29 bits per heavy atom. The van der Waals surface area contributed by atoms with Crippen molar-refractivity contribution >= 4 is 8.72 Å². The molecule has 0 saturated carbocycles. The van der Waals surface area contributed by atoms with E-state index in [-0.39, 0.29) is 0 Å². The summed E-state index contributed by atoms with van der Waals surface area (Å²) in [7, 11) is 1.35. The molecule has 0 aliphatic carbocycles. The highest BCUT2D eigenvalue weighted by Crippen LogP contribution is 2.07. The van der Waals surface area contributed by atoms with Crippen molar-refractivity contribution < 1.29 is 8.85 Å². The van der Waals surface area contributed by atoms with Crippen LogP contribution in [0, 0.1) is 0 Å². The van der Waals surface area contributed by atoms with E-state index in [9.17, 15) is 0 Å². The van der Waals surface area contributed by atoms with Crippen molar-refractivity contribution in [3.63, 3.8) is 0 Å². The average Bonchev–Trinajstić information content (AvgIpc) is 2.41. The summed E-state index contributed by atoms with van der Waals surface area (Å²) < 4.78 is 11.0. The first kappa shape index (κ1) is 14.4. The van der Waals surface area contributed by atoms with E-state index in [1.54, 1.807) is 14.2 Å². The highest BCUT2D eigenvalue weighted by atomic mass is 28.4. The predicted molar refractivity (Wildman–Crippen MR) is 73.0 cm³/mol. The molecule has 4 heteroatoms. The van der Waals surface area contributed by atoms with Crippen LogP contribution in [0.15, 0.2) is 30.3 Å². The van der Waals surface area contributed by atoms with Gasteiger partial charge in [-0.1, -0.05) is 37.3 Å². The number of benzene rings is 1. The SMILES string of the molecule is CC[Si](NCCCc1ccccc1)(OC)OC. The summed E-state index contributed by atoms with van der Waals surface area (Å²) in [4.78, 5) is 3.45. The summed E-state index contributed by atoms with van der Waals surface area (Å²) in [5, 5.41) is 0. The third-order valence-electron chi connectivity index (χ3n) is 3.00. The van der Waals surface area contributed by atoms with Gasteiger partial charge in [-0.15, -0.1) is 0 Å². The third kappa shape index (κ3) is 4.59. The van der Waals surface area contributed by atoms with Crippen molar-refractivity contribution in [2.45, 2.75) is 25.8 Å². The van der Waals surface area contributed by atoms with Gasteiger partial charge in [0.05, 0.1) is 0 Å². The molecule has 0 atom stereocenters. The summed E-state index contributed by atoms with van der Waals surface area (Å²) in [6.45, 7) is 3.04. The molecule has 0 radical (unpaired) electrons. The first-order chi connectivity index (χ1) is 8.26. The molecule has 0 aliphatic rings. The summed E-state index contributed by atoms with van der Waals surface area (Å²) >= 11 is 0. The zero-order chi connectivity index (χ0) is 12.6.